The van der Waals surface area contributed by atoms with Crippen LogP contribution in [0, 0.1) is 0 Å². The zero-order valence-electron chi connectivity index (χ0n) is 15.9. The average molecular weight is 364 g/mol. The summed E-state index contributed by atoms with van der Waals surface area (Å²) in [6.45, 7) is 4.51. The summed E-state index contributed by atoms with van der Waals surface area (Å²) in [6.07, 6.45) is 4.83. The van der Waals surface area contributed by atoms with Crippen LogP contribution < -0.4 is 10.1 Å². The van der Waals surface area contributed by atoms with Crippen LogP contribution in [0.5, 0.6) is 5.75 Å². The molecule has 6 heteroatoms. The van der Waals surface area contributed by atoms with Crippen LogP contribution in [0.4, 0.5) is 0 Å². The van der Waals surface area contributed by atoms with E-state index in [1.807, 2.05) is 54.9 Å². The fourth-order valence-corrected chi connectivity index (χ4v) is 3.05. The average Bonchev–Trinajstić information content (AvgIpc) is 3.11. The number of ether oxygens (including phenoxy) is 1. The van der Waals surface area contributed by atoms with Crippen LogP contribution in [0.15, 0.2) is 48.8 Å². The fraction of sp³-hybridized carbons (Fsp3) is 0.286. The van der Waals surface area contributed by atoms with Crippen molar-refractivity contribution in [2.24, 2.45) is 0 Å². The molecule has 3 rings (SSSR count). The van der Waals surface area contributed by atoms with Gasteiger partial charge in [0.15, 0.2) is 0 Å². The van der Waals surface area contributed by atoms with Gasteiger partial charge in [-0.2, -0.15) is 5.10 Å². The highest BCUT2D eigenvalue weighted by Gasteiger charge is 2.22. The Morgan fingerprint density at radius 2 is 1.78 bits per heavy atom. The minimum atomic E-state index is -0.0970. The quantitative estimate of drug-likeness (QED) is 0.698. The molecule has 140 valence electrons. The second-order valence-corrected chi connectivity index (χ2v) is 6.12. The van der Waals surface area contributed by atoms with Crippen molar-refractivity contribution < 1.29 is 9.53 Å². The summed E-state index contributed by atoms with van der Waals surface area (Å²) in [4.78, 5) is 16.9. The van der Waals surface area contributed by atoms with Crippen molar-refractivity contribution >= 4 is 5.91 Å². The van der Waals surface area contributed by atoms with E-state index in [0.29, 0.717) is 24.9 Å². The van der Waals surface area contributed by atoms with Gasteiger partial charge in [0.05, 0.1) is 29.7 Å². The number of nitrogens with zero attached hydrogens (tertiary/aromatic N) is 3. The Kier molecular flexibility index (Phi) is 5.86. The molecule has 0 saturated heterocycles. The first-order valence-electron chi connectivity index (χ1n) is 9.10. The first-order valence-corrected chi connectivity index (χ1v) is 9.10. The molecule has 2 aromatic heterocycles. The predicted molar refractivity (Wildman–Crippen MR) is 104 cm³/mol. The number of hydrogen-bond donors (Lipinski definition) is 1. The summed E-state index contributed by atoms with van der Waals surface area (Å²) >= 11 is 0. The lowest BCUT2D eigenvalue weighted by Gasteiger charge is -2.09. The molecular weight excluding hydrogens is 340 g/mol. The predicted octanol–water partition coefficient (Wildman–Crippen LogP) is 3.33. The second-order valence-electron chi connectivity index (χ2n) is 6.12. The van der Waals surface area contributed by atoms with Gasteiger partial charge in [-0.15, -0.1) is 0 Å². The number of hydrogen-bond acceptors (Lipinski definition) is 4. The summed E-state index contributed by atoms with van der Waals surface area (Å²) in [5.41, 5.74) is 4.30. The van der Waals surface area contributed by atoms with Crippen molar-refractivity contribution in [2.45, 2.75) is 33.2 Å². The van der Waals surface area contributed by atoms with E-state index in [2.05, 4.69) is 10.3 Å². The van der Waals surface area contributed by atoms with Crippen LogP contribution in [-0.4, -0.2) is 27.8 Å². The Balaban J connectivity index is 1.91. The lowest BCUT2D eigenvalue weighted by atomic mass is 10.1. The van der Waals surface area contributed by atoms with Crippen molar-refractivity contribution in [2.75, 3.05) is 7.11 Å². The molecule has 0 saturated carbocycles. The molecule has 0 aliphatic carbocycles. The highest BCUT2D eigenvalue weighted by atomic mass is 16.5. The van der Waals surface area contributed by atoms with E-state index in [1.54, 1.807) is 19.5 Å². The zero-order valence-corrected chi connectivity index (χ0v) is 15.9. The topological polar surface area (TPSA) is 69.0 Å². The van der Waals surface area contributed by atoms with E-state index in [0.717, 1.165) is 28.4 Å². The third-order valence-corrected chi connectivity index (χ3v) is 4.47. The molecule has 27 heavy (non-hydrogen) atoms. The van der Waals surface area contributed by atoms with Gasteiger partial charge in [-0.05, 0) is 54.8 Å². The molecule has 0 aliphatic heterocycles. The monoisotopic (exact) mass is 364 g/mol. The first kappa shape index (κ1) is 18.6. The summed E-state index contributed by atoms with van der Waals surface area (Å²) in [5, 5.41) is 7.71. The number of rotatable bonds is 7. The summed E-state index contributed by atoms with van der Waals surface area (Å²) in [5.74, 6) is 0.690. The van der Waals surface area contributed by atoms with Gasteiger partial charge in [0, 0.05) is 18.9 Å². The van der Waals surface area contributed by atoms with Crippen LogP contribution in [0.1, 0.15) is 41.2 Å². The Labute approximate surface area is 159 Å². The van der Waals surface area contributed by atoms with Crippen molar-refractivity contribution in [3.05, 3.63) is 71.3 Å². The highest BCUT2D eigenvalue weighted by Crippen LogP contribution is 2.22. The SMILES string of the molecule is CCc1nn(-c2ccc(OC)cc2)c(CC)c1C(=O)NCc1ccncc1. The minimum Gasteiger partial charge on any atom is -0.497 e. The highest BCUT2D eigenvalue weighted by molar-refractivity contribution is 5.96. The normalized spacial score (nSPS) is 10.6. The number of pyridine rings is 1. The van der Waals surface area contributed by atoms with Crippen LogP contribution in [0.25, 0.3) is 5.69 Å². The van der Waals surface area contributed by atoms with Gasteiger partial charge in [0.1, 0.15) is 5.75 Å². The lowest BCUT2D eigenvalue weighted by molar-refractivity contribution is 0.0949. The van der Waals surface area contributed by atoms with Crippen molar-refractivity contribution in [1.29, 1.82) is 0 Å². The smallest absolute Gasteiger partial charge is 0.255 e. The molecule has 1 aromatic carbocycles. The molecule has 0 bridgehead atoms. The largest absolute Gasteiger partial charge is 0.497 e. The Morgan fingerprint density at radius 1 is 1.07 bits per heavy atom. The summed E-state index contributed by atoms with van der Waals surface area (Å²) in [6, 6.07) is 11.5. The van der Waals surface area contributed by atoms with Crippen molar-refractivity contribution in [1.82, 2.24) is 20.1 Å². The number of methoxy groups -OCH3 is 1. The fourth-order valence-electron chi connectivity index (χ4n) is 3.05. The van der Waals surface area contributed by atoms with Gasteiger partial charge in [-0.3, -0.25) is 9.78 Å². The van der Waals surface area contributed by atoms with Crippen molar-refractivity contribution in [3.63, 3.8) is 0 Å². The molecule has 3 aromatic rings. The molecule has 0 fully saturated rings. The van der Waals surface area contributed by atoms with Crippen LogP contribution in [-0.2, 0) is 19.4 Å². The number of amides is 1. The van der Waals surface area contributed by atoms with E-state index in [9.17, 15) is 4.79 Å². The van der Waals surface area contributed by atoms with E-state index >= 15 is 0 Å². The number of carbonyl (C=O) groups excluding carboxylic acids is 1. The molecule has 0 spiro atoms. The molecule has 2 heterocycles. The van der Waals surface area contributed by atoms with Gasteiger partial charge < -0.3 is 10.1 Å². The molecule has 0 aliphatic rings. The van der Waals surface area contributed by atoms with Gasteiger partial charge in [0.25, 0.3) is 5.91 Å². The van der Waals surface area contributed by atoms with Crippen LogP contribution in [0.2, 0.25) is 0 Å². The maximum atomic E-state index is 12.9. The van der Waals surface area contributed by atoms with Crippen LogP contribution in [0.3, 0.4) is 0 Å². The van der Waals surface area contributed by atoms with Gasteiger partial charge in [-0.1, -0.05) is 13.8 Å². The third-order valence-electron chi connectivity index (χ3n) is 4.47. The molecule has 1 amide bonds. The molecular formula is C21H24N4O2. The van der Waals surface area contributed by atoms with Gasteiger partial charge >= 0.3 is 0 Å². The standard InChI is InChI=1S/C21H24N4O2/c1-4-18-20(21(26)23-14-15-10-12-22-13-11-15)19(5-2)25(24-18)16-6-8-17(27-3)9-7-16/h6-13H,4-5,14H2,1-3H3,(H,23,26). The summed E-state index contributed by atoms with van der Waals surface area (Å²) < 4.78 is 7.09. The van der Waals surface area contributed by atoms with E-state index in [-0.39, 0.29) is 5.91 Å². The third kappa shape index (κ3) is 4.00. The maximum absolute atomic E-state index is 12.9. The number of benzene rings is 1. The first-order chi connectivity index (χ1) is 13.2. The lowest BCUT2D eigenvalue weighted by Crippen LogP contribution is -2.24. The molecule has 1 N–H and O–H groups in total. The van der Waals surface area contributed by atoms with E-state index in [1.165, 1.54) is 0 Å². The Bertz CT molecular complexity index is 902. The molecule has 0 atom stereocenters. The molecule has 0 radical (unpaired) electrons. The second kappa shape index (κ2) is 8.49. The number of aromatic nitrogens is 3. The molecule has 6 nitrogen and oxygen atoms in total. The van der Waals surface area contributed by atoms with Crippen molar-refractivity contribution in [3.8, 4) is 11.4 Å². The van der Waals surface area contributed by atoms with Gasteiger partial charge in [0.2, 0.25) is 0 Å². The van der Waals surface area contributed by atoms with Crippen LogP contribution >= 0.6 is 0 Å². The Hall–Kier alpha value is -3.15. The number of nitrogens with one attached hydrogen (secondary N) is 1. The van der Waals surface area contributed by atoms with Gasteiger partial charge in [-0.25, -0.2) is 4.68 Å². The van der Waals surface area contributed by atoms with E-state index in [4.69, 9.17) is 9.84 Å². The number of aryl methyl sites for hydroxylation is 1. The summed E-state index contributed by atoms with van der Waals surface area (Å²) in [7, 11) is 1.64. The van der Waals surface area contributed by atoms with E-state index < -0.39 is 0 Å². The maximum Gasteiger partial charge on any atom is 0.255 e. The number of carbonyl (C=O) groups is 1. The Morgan fingerprint density at radius 3 is 2.37 bits per heavy atom. The molecule has 0 unspecified atom stereocenters. The minimum absolute atomic E-state index is 0.0970. The zero-order chi connectivity index (χ0) is 19.2.